The quantitative estimate of drug-likeness (QED) is 0.679. The zero-order valence-corrected chi connectivity index (χ0v) is 15.2. The van der Waals surface area contributed by atoms with E-state index in [1.165, 1.54) is 0 Å². The molecule has 4 heteroatoms. The Kier molecular flexibility index (Phi) is 4.33. The van der Waals surface area contributed by atoms with Gasteiger partial charge in [-0.15, -0.1) is 0 Å². The van der Waals surface area contributed by atoms with E-state index < -0.39 is 0 Å². The van der Waals surface area contributed by atoms with E-state index >= 15 is 0 Å². The fraction of sp³-hybridized carbons (Fsp3) is 0.273. The number of aromatic nitrogens is 2. The summed E-state index contributed by atoms with van der Waals surface area (Å²) in [6.45, 7) is 2.05. The lowest BCUT2D eigenvalue weighted by Crippen LogP contribution is -2.31. The van der Waals surface area contributed by atoms with Gasteiger partial charge >= 0.3 is 0 Å². The Hall–Kier alpha value is -2.88. The van der Waals surface area contributed by atoms with Gasteiger partial charge in [0.25, 0.3) is 5.91 Å². The number of nitrogens with zero attached hydrogens (tertiary/aromatic N) is 3. The first kappa shape index (κ1) is 16.6. The molecular weight excluding hydrogens is 322 g/mol. The molecule has 1 aromatic heterocycles. The molecule has 1 heterocycles. The molecule has 0 N–H and O–H groups in total. The third-order valence-corrected chi connectivity index (χ3v) is 5.13. The van der Waals surface area contributed by atoms with Crippen LogP contribution in [0.2, 0.25) is 0 Å². The van der Waals surface area contributed by atoms with E-state index in [1.807, 2.05) is 61.6 Å². The second-order valence-electron chi connectivity index (χ2n) is 6.98. The van der Waals surface area contributed by atoms with Crippen molar-refractivity contribution in [2.24, 2.45) is 0 Å². The van der Waals surface area contributed by atoms with E-state index in [2.05, 4.69) is 19.1 Å². The van der Waals surface area contributed by atoms with Gasteiger partial charge in [-0.2, -0.15) is 5.10 Å². The molecule has 3 aromatic rings. The summed E-state index contributed by atoms with van der Waals surface area (Å²) in [5.74, 6) is 0.493. The van der Waals surface area contributed by atoms with E-state index in [0.29, 0.717) is 11.6 Å². The van der Waals surface area contributed by atoms with Gasteiger partial charge in [0.2, 0.25) is 0 Å². The largest absolute Gasteiger partial charge is 0.334 e. The highest BCUT2D eigenvalue weighted by atomic mass is 16.2. The minimum atomic E-state index is -0.00962. The number of carbonyl (C=O) groups is 1. The lowest BCUT2D eigenvalue weighted by Gasteiger charge is -2.25. The Morgan fingerprint density at radius 2 is 1.69 bits per heavy atom. The minimum absolute atomic E-state index is 0.00722. The maximum Gasteiger partial charge on any atom is 0.272 e. The van der Waals surface area contributed by atoms with Gasteiger partial charge in [-0.3, -0.25) is 4.79 Å². The SMILES string of the molecule is C[C@H](c1ccccc1)N(C)C(=O)c1cc(C2CC2)nn1-c1ccccc1. The highest BCUT2D eigenvalue weighted by molar-refractivity contribution is 5.93. The Morgan fingerprint density at radius 1 is 1.08 bits per heavy atom. The fourth-order valence-electron chi connectivity index (χ4n) is 3.21. The first-order chi connectivity index (χ1) is 12.6. The number of para-hydroxylation sites is 1. The van der Waals surface area contributed by atoms with Gasteiger partial charge in [-0.05, 0) is 43.5 Å². The van der Waals surface area contributed by atoms with Crippen LogP contribution in [0.25, 0.3) is 5.69 Å². The predicted octanol–water partition coefficient (Wildman–Crippen LogP) is 4.58. The van der Waals surface area contributed by atoms with Crippen LogP contribution in [0, 0.1) is 0 Å². The van der Waals surface area contributed by atoms with Crippen molar-refractivity contribution in [3.05, 3.63) is 83.7 Å². The second-order valence-corrected chi connectivity index (χ2v) is 6.98. The highest BCUT2D eigenvalue weighted by Gasteiger charge is 2.30. The lowest BCUT2D eigenvalue weighted by atomic mass is 10.1. The molecule has 0 unspecified atom stereocenters. The number of carbonyl (C=O) groups excluding carboxylic acids is 1. The van der Waals surface area contributed by atoms with Gasteiger partial charge in [0, 0.05) is 13.0 Å². The number of hydrogen-bond donors (Lipinski definition) is 0. The van der Waals surface area contributed by atoms with Crippen LogP contribution in [0.3, 0.4) is 0 Å². The average molecular weight is 345 g/mol. The van der Waals surface area contributed by atoms with Gasteiger partial charge in [0.1, 0.15) is 5.69 Å². The average Bonchev–Trinajstić information content (AvgIpc) is 3.46. The summed E-state index contributed by atoms with van der Waals surface area (Å²) < 4.78 is 1.80. The van der Waals surface area contributed by atoms with E-state index in [0.717, 1.165) is 29.8 Å². The van der Waals surface area contributed by atoms with E-state index in [-0.39, 0.29) is 11.9 Å². The van der Waals surface area contributed by atoms with Crippen LogP contribution in [-0.4, -0.2) is 27.6 Å². The molecule has 4 rings (SSSR count). The molecule has 26 heavy (non-hydrogen) atoms. The van der Waals surface area contributed by atoms with Crippen molar-refractivity contribution in [2.75, 3.05) is 7.05 Å². The Labute approximate surface area is 154 Å². The van der Waals surface area contributed by atoms with Crippen molar-refractivity contribution < 1.29 is 4.79 Å². The second kappa shape index (κ2) is 6.79. The normalized spacial score (nSPS) is 14.8. The molecule has 2 aromatic carbocycles. The zero-order chi connectivity index (χ0) is 18.1. The summed E-state index contributed by atoms with van der Waals surface area (Å²) in [4.78, 5) is 15.1. The van der Waals surface area contributed by atoms with Crippen LogP contribution in [0.4, 0.5) is 0 Å². The molecule has 0 spiro atoms. The molecule has 0 radical (unpaired) electrons. The number of hydrogen-bond acceptors (Lipinski definition) is 2. The Morgan fingerprint density at radius 3 is 2.31 bits per heavy atom. The molecule has 0 bridgehead atoms. The van der Waals surface area contributed by atoms with Gasteiger partial charge < -0.3 is 4.90 Å². The van der Waals surface area contributed by atoms with E-state index in [4.69, 9.17) is 5.10 Å². The fourth-order valence-corrected chi connectivity index (χ4v) is 3.21. The van der Waals surface area contributed by atoms with Crippen LogP contribution in [0.15, 0.2) is 66.7 Å². The zero-order valence-electron chi connectivity index (χ0n) is 15.2. The topological polar surface area (TPSA) is 38.1 Å². The highest BCUT2D eigenvalue weighted by Crippen LogP contribution is 2.40. The van der Waals surface area contributed by atoms with Crippen molar-refractivity contribution in [1.82, 2.24) is 14.7 Å². The smallest absolute Gasteiger partial charge is 0.272 e. The number of amides is 1. The van der Waals surface area contributed by atoms with E-state index in [9.17, 15) is 4.79 Å². The Bertz CT molecular complexity index is 898. The van der Waals surface area contributed by atoms with Gasteiger partial charge in [0.15, 0.2) is 0 Å². The van der Waals surface area contributed by atoms with Crippen molar-refractivity contribution in [3.8, 4) is 5.69 Å². The predicted molar refractivity (Wildman–Crippen MR) is 102 cm³/mol. The molecule has 1 fully saturated rings. The molecule has 4 nitrogen and oxygen atoms in total. The number of rotatable bonds is 5. The summed E-state index contributed by atoms with van der Waals surface area (Å²) >= 11 is 0. The third kappa shape index (κ3) is 3.15. The minimum Gasteiger partial charge on any atom is -0.334 e. The molecular formula is C22H23N3O. The monoisotopic (exact) mass is 345 g/mol. The van der Waals surface area contributed by atoms with Crippen molar-refractivity contribution in [2.45, 2.75) is 31.7 Å². The van der Waals surface area contributed by atoms with Gasteiger partial charge in [0.05, 0.1) is 17.4 Å². The van der Waals surface area contributed by atoms with Crippen LogP contribution in [0.5, 0.6) is 0 Å². The van der Waals surface area contributed by atoms with Crippen LogP contribution in [-0.2, 0) is 0 Å². The van der Waals surface area contributed by atoms with Crippen LogP contribution >= 0.6 is 0 Å². The third-order valence-electron chi connectivity index (χ3n) is 5.13. The van der Waals surface area contributed by atoms with Crippen molar-refractivity contribution >= 4 is 5.91 Å². The molecule has 1 aliphatic rings. The molecule has 1 atom stereocenters. The molecule has 132 valence electrons. The molecule has 0 aliphatic heterocycles. The maximum atomic E-state index is 13.3. The Balaban J connectivity index is 1.69. The summed E-state index contributed by atoms with van der Waals surface area (Å²) in [6, 6.07) is 22.0. The van der Waals surface area contributed by atoms with Crippen molar-refractivity contribution in [3.63, 3.8) is 0 Å². The van der Waals surface area contributed by atoms with Crippen LogP contribution in [0.1, 0.15) is 53.5 Å². The van der Waals surface area contributed by atoms with Gasteiger partial charge in [-0.1, -0.05) is 48.5 Å². The van der Waals surface area contributed by atoms with Crippen molar-refractivity contribution in [1.29, 1.82) is 0 Å². The molecule has 1 amide bonds. The standard InChI is InChI=1S/C22H23N3O/c1-16(17-9-5-3-6-10-17)24(2)22(26)21-15-20(18-13-14-18)23-25(21)19-11-7-4-8-12-19/h3-12,15-16,18H,13-14H2,1-2H3/t16-/m1/s1. The summed E-state index contributed by atoms with van der Waals surface area (Å²) in [5.41, 5.74) is 3.70. The summed E-state index contributed by atoms with van der Waals surface area (Å²) in [7, 11) is 1.86. The first-order valence-electron chi connectivity index (χ1n) is 9.12. The van der Waals surface area contributed by atoms with Crippen LogP contribution < -0.4 is 0 Å². The van der Waals surface area contributed by atoms with E-state index in [1.54, 1.807) is 9.58 Å². The molecule has 1 saturated carbocycles. The first-order valence-corrected chi connectivity index (χ1v) is 9.12. The summed E-state index contributed by atoms with van der Waals surface area (Å²) in [6.07, 6.45) is 2.32. The number of benzene rings is 2. The lowest BCUT2D eigenvalue weighted by molar-refractivity contribution is 0.0733. The van der Waals surface area contributed by atoms with Gasteiger partial charge in [-0.25, -0.2) is 4.68 Å². The molecule has 1 aliphatic carbocycles. The summed E-state index contributed by atoms with van der Waals surface area (Å²) in [5, 5.41) is 4.75. The maximum absolute atomic E-state index is 13.3. The molecule has 0 saturated heterocycles.